The summed E-state index contributed by atoms with van der Waals surface area (Å²) in [4.78, 5) is 10.8. The van der Waals surface area contributed by atoms with Crippen LogP contribution in [0.2, 0.25) is 19.6 Å². The van der Waals surface area contributed by atoms with Crippen LogP contribution in [-0.4, -0.2) is 26.3 Å². The molecule has 0 aromatic rings. The number of carbonyl (C=O) groups is 1. The first-order chi connectivity index (χ1) is 5.88. The zero-order valence-electron chi connectivity index (χ0n) is 8.47. The fourth-order valence-corrected chi connectivity index (χ4v) is 1.55. The van der Waals surface area contributed by atoms with Crippen molar-refractivity contribution in [3.63, 3.8) is 0 Å². The lowest BCUT2D eigenvalue weighted by atomic mass is 10.2. The van der Waals surface area contributed by atoms with Crippen molar-refractivity contribution in [2.24, 2.45) is 0 Å². The van der Waals surface area contributed by atoms with Gasteiger partial charge < -0.3 is 10.1 Å². The van der Waals surface area contributed by atoms with E-state index in [2.05, 4.69) is 36.4 Å². The van der Waals surface area contributed by atoms with Crippen molar-refractivity contribution < 1.29 is 9.53 Å². The van der Waals surface area contributed by atoms with E-state index >= 15 is 0 Å². The molecule has 1 aliphatic rings. The Kier molecular flexibility index (Phi) is 2.67. The summed E-state index contributed by atoms with van der Waals surface area (Å²) in [5, 5.41) is 2.66. The average molecular weight is 197 g/mol. The lowest BCUT2D eigenvalue weighted by Crippen LogP contribution is -2.29. The Bertz CT molecular complexity index is 272. The molecule has 0 radical (unpaired) electrons. The van der Waals surface area contributed by atoms with Crippen LogP contribution in [0.5, 0.6) is 0 Å². The molecule has 1 rings (SSSR count). The van der Waals surface area contributed by atoms with Gasteiger partial charge in [-0.15, -0.1) is 5.54 Å². The zero-order valence-corrected chi connectivity index (χ0v) is 9.47. The highest BCUT2D eigenvalue weighted by molar-refractivity contribution is 6.83. The summed E-state index contributed by atoms with van der Waals surface area (Å²) >= 11 is 0. The topological polar surface area (TPSA) is 38.3 Å². The second-order valence-corrected chi connectivity index (χ2v) is 9.00. The first kappa shape index (κ1) is 10.1. The lowest BCUT2D eigenvalue weighted by molar-refractivity contribution is 0.145. The Morgan fingerprint density at radius 1 is 1.46 bits per heavy atom. The minimum Gasteiger partial charge on any atom is -0.443 e. The molecule has 0 bridgehead atoms. The molecule has 0 aromatic carbocycles. The van der Waals surface area contributed by atoms with E-state index in [0.29, 0.717) is 0 Å². The number of hydrogen-bond donors (Lipinski definition) is 1. The van der Waals surface area contributed by atoms with Crippen LogP contribution < -0.4 is 5.32 Å². The number of ether oxygens (including phenoxy) is 1. The first-order valence-electron chi connectivity index (χ1n) is 4.38. The summed E-state index contributed by atoms with van der Waals surface area (Å²) in [6, 6.07) is -0.126. The van der Waals surface area contributed by atoms with Gasteiger partial charge in [0.25, 0.3) is 0 Å². The molecule has 1 fully saturated rings. The normalized spacial score (nSPS) is 27.2. The Hall–Kier alpha value is -0.953. The second-order valence-electron chi connectivity index (χ2n) is 4.25. The molecule has 0 aromatic heterocycles. The Morgan fingerprint density at radius 2 is 2.08 bits per heavy atom. The van der Waals surface area contributed by atoms with Crippen molar-refractivity contribution >= 4 is 14.2 Å². The van der Waals surface area contributed by atoms with Crippen molar-refractivity contribution in [2.75, 3.05) is 0 Å². The van der Waals surface area contributed by atoms with E-state index in [1.54, 1.807) is 0 Å². The predicted octanol–water partition coefficient (Wildman–Crippen LogP) is 1.36. The van der Waals surface area contributed by atoms with Crippen molar-refractivity contribution in [1.29, 1.82) is 0 Å². The molecule has 13 heavy (non-hydrogen) atoms. The molecule has 1 heterocycles. The number of alkyl carbamates (subject to hydrolysis) is 1. The third-order valence-corrected chi connectivity index (χ3v) is 2.53. The van der Waals surface area contributed by atoms with Crippen LogP contribution >= 0.6 is 0 Å². The van der Waals surface area contributed by atoms with E-state index in [1.165, 1.54) is 0 Å². The van der Waals surface area contributed by atoms with Crippen LogP contribution in [0.4, 0.5) is 4.79 Å². The molecule has 1 amide bonds. The third kappa shape index (κ3) is 3.11. The fraction of sp³-hybridized carbons (Fsp3) is 0.667. The number of rotatable bonds is 0. The van der Waals surface area contributed by atoms with E-state index in [1.807, 2.05) is 6.92 Å². The standard InChI is InChI=1S/C9H15NO2Si/c1-7-8(10-9(11)12-7)5-6-13(2,3)4/h7-8H,1-4H3,(H,10,11)/t7-,8-/m0/s1. The van der Waals surface area contributed by atoms with E-state index in [0.717, 1.165) is 0 Å². The SMILES string of the molecule is C[C@@H]1OC(=O)N[C@H]1C#C[Si](C)(C)C. The maximum Gasteiger partial charge on any atom is 0.408 e. The van der Waals surface area contributed by atoms with Gasteiger partial charge in [0.15, 0.2) is 0 Å². The van der Waals surface area contributed by atoms with E-state index in [4.69, 9.17) is 4.74 Å². The summed E-state index contributed by atoms with van der Waals surface area (Å²) in [6.45, 7) is 8.36. The fourth-order valence-electron chi connectivity index (χ4n) is 0.963. The first-order valence-corrected chi connectivity index (χ1v) is 7.88. The largest absolute Gasteiger partial charge is 0.443 e. The maximum atomic E-state index is 10.8. The van der Waals surface area contributed by atoms with Gasteiger partial charge in [0.05, 0.1) is 0 Å². The van der Waals surface area contributed by atoms with Gasteiger partial charge in [-0.2, -0.15) is 0 Å². The highest BCUT2D eigenvalue weighted by Gasteiger charge is 2.28. The summed E-state index contributed by atoms with van der Waals surface area (Å²) < 4.78 is 4.90. The van der Waals surface area contributed by atoms with Crippen molar-refractivity contribution in [3.8, 4) is 11.5 Å². The van der Waals surface area contributed by atoms with Gasteiger partial charge in [0, 0.05) is 0 Å². The molecule has 1 aliphatic heterocycles. The molecule has 1 saturated heterocycles. The van der Waals surface area contributed by atoms with Gasteiger partial charge in [-0.05, 0) is 6.92 Å². The van der Waals surface area contributed by atoms with Gasteiger partial charge in [0.2, 0.25) is 0 Å². The monoisotopic (exact) mass is 197 g/mol. The van der Waals surface area contributed by atoms with Gasteiger partial charge >= 0.3 is 6.09 Å². The Balaban J connectivity index is 2.63. The van der Waals surface area contributed by atoms with Crippen LogP contribution in [-0.2, 0) is 4.74 Å². The number of cyclic esters (lactones) is 1. The highest BCUT2D eigenvalue weighted by Crippen LogP contribution is 2.07. The number of hydrogen-bond acceptors (Lipinski definition) is 2. The molecule has 1 N–H and O–H groups in total. The maximum absolute atomic E-state index is 10.8. The molecular formula is C9H15NO2Si. The van der Waals surface area contributed by atoms with Gasteiger partial charge in [-0.1, -0.05) is 25.6 Å². The number of nitrogens with one attached hydrogen (secondary N) is 1. The van der Waals surface area contributed by atoms with Gasteiger partial charge in [0.1, 0.15) is 20.2 Å². The van der Waals surface area contributed by atoms with Crippen molar-refractivity contribution in [2.45, 2.75) is 38.7 Å². The van der Waals surface area contributed by atoms with Crippen LogP contribution in [0, 0.1) is 11.5 Å². The molecule has 0 spiro atoms. The van der Waals surface area contributed by atoms with Crippen LogP contribution in [0.3, 0.4) is 0 Å². The molecule has 0 aliphatic carbocycles. The number of amides is 1. The lowest BCUT2D eigenvalue weighted by Gasteiger charge is -2.07. The Labute approximate surface area is 79.9 Å². The van der Waals surface area contributed by atoms with Crippen molar-refractivity contribution in [1.82, 2.24) is 5.32 Å². The average Bonchev–Trinajstić information content (AvgIpc) is 2.24. The van der Waals surface area contributed by atoms with E-state index in [-0.39, 0.29) is 18.2 Å². The van der Waals surface area contributed by atoms with E-state index < -0.39 is 8.07 Å². The number of carbonyl (C=O) groups excluding carboxylic acids is 1. The highest BCUT2D eigenvalue weighted by atomic mass is 28.3. The molecule has 2 atom stereocenters. The third-order valence-electron chi connectivity index (χ3n) is 1.64. The molecular weight excluding hydrogens is 182 g/mol. The van der Waals surface area contributed by atoms with E-state index in [9.17, 15) is 4.79 Å². The molecule has 3 nitrogen and oxygen atoms in total. The van der Waals surface area contributed by atoms with Gasteiger partial charge in [-0.25, -0.2) is 4.79 Å². The Morgan fingerprint density at radius 3 is 2.46 bits per heavy atom. The van der Waals surface area contributed by atoms with Gasteiger partial charge in [-0.3, -0.25) is 0 Å². The van der Waals surface area contributed by atoms with Crippen LogP contribution in [0.25, 0.3) is 0 Å². The second kappa shape index (κ2) is 3.42. The summed E-state index contributed by atoms with van der Waals surface area (Å²) in [6.07, 6.45) is -0.487. The molecule has 4 heteroatoms. The van der Waals surface area contributed by atoms with Crippen LogP contribution in [0.1, 0.15) is 6.92 Å². The minimum atomic E-state index is -1.34. The predicted molar refractivity (Wildman–Crippen MR) is 54.0 cm³/mol. The van der Waals surface area contributed by atoms with Crippen molar-refractivity contribution in [3.05, 3.63) is 0 Å². The summed E-state index contributed by atoms with van der Waals surface area (Å²) in [7, 11) is -1.34. The zero-order chi connectivity index (χ0) is 10.1. The molecule has 0 saturated carbocycles. The molecule has 72 valence electrons. The minimum absolute atomic E-state index is 0.126. The van der Waals surface area contributed by atoms with Crippen LogP contribution in [0.15, 0.2) is 0 Å². The smallest absolute Gasteiger partial charge is 0.408 e. The molecule has 0 unspecified atom stereocenters. The summed E-state index contributed by atoms with van der Waals surface area (Å²) in [5.74, 6) is 3.06. The quantitative estimate of drug-likeness (QED) is 0.470. The summed E-state index contributed by atoms with van der Waals surface area (Å²) in [5.41, 5.74) is 3.21.